The molecule has 5 heterocycles. The van der Waals surface area contributed by atoms with Crippen LogP contribution in [0.4, 0.5) is 17.3 Å². The van der Waals surface area contributed by atoms with Crippen molar-refractivity contribution in [3.8, 4) is 0 Å². The Labute approximate surface area is 211 Å². The minimum atomic E-state index is -0.346. The number of hydrogen-bond donors (Lipinski definition) is 2. The van der Waals surface area contributed by atoms with Crippen LogP contribution in [0.5, 0.6) is 0 Å². The molecule has 1 unspecified atom stereocenters. The van der Waals surface area contributed by atoms with Crippen molar-refractivity contribution in [2.75, 3.05) is 48.8 Å². The van der Waals surface area contributed by atoms with Crippen LogP contribution in [-0.4, -0.2) is 60.0 Å². The first-order chi connectivity index (χ1) is 17.5. The van der Waals surface area contributed by atoms with E-state index in [2.05, 4.69) is 37.3 Å². The number of carbonyl (C=O) groups is 2. The molecule has 3 N–H and O–H groups in total. The van der Waals surface area contributed by atoms with Gasteiger partial charge in [-0.25, -0.2) is 9.50 Å². The molecule has 0 saturated carbocycles. The Morgan fingerprint density at radius 3 is 2.44 bits per heavy atom. The van der Waals surface area contributed by atoms with Crippen LogP contribution in [0, 0.1) is 5.41 Å². The zero-order chi connectivity index (χ0) is 25.1. The Morgan fingerprint density at radius 1 is 1.08 bits per heavy atom. The van der Waals surface area contributed by atoms with Gasteiger partial charge < -0.3 is 25.6 Å². The van der Waals surface area contributed by atoms with E-state index in [0.717, 1.165) is 67.9 Å². The van der Waals surface area contributed by atoms with Crippen molar-refractivity contribution in [3.63, 3.8) is 0 Å². The maximum absolute atomic E-state index is 11.8. The average molecular weight is 490 g/mol. The molecule has 190 valence electrons. The highest BCUT2D eigenvalue weighted by Gasteiger charge is 2.38. The van der Waals surface area contributed by atoms with Gasteiger partial charge in [0, 0.05) is 51.1 Å². The van der Waals surface area contributed by atoms with Crippen LogP contribution < -0.4 is 20.9 Å². The Bertz CT molecular complexity index is 1200. The van der Waals surface area contributed by atoms with Gasteiger partial charge in [0.15, 0.2) is 0 Å². The fourth-order valence-corrected chi connectivity index (χ4v) is 5.78. The molecule has 1 atom stereocenters. The third-order valence-corrected chi connectivity index (χ3v) is 8.19. The smallest absolute Gasteiger partial charge is 0.219 e. The average Bonchev–Trinajstić information content (AvgIpc) is 3.35. The second kappa shape index (κ2) is 10.2. The van der Waals surface area contributed by atoms with Crippen molar-refractivity contribution in [2.45, 2.75) is 44.4 Å². The number of aromatic nitrogens is 3. The highest BCUT2D eigenvalue weighted by molar-refractivity contribution is 5.77. The molecule has 9 nitrogen and oxygen atoms in total. The van der Waals surface area contributed by atoms with E-state index in [-0.39, 0.29) is 11.8 Å². The number of pyridine rings is 2. The first-order valence-corrected chi connectivity index (χ1v) is 12.9. The van der Waals surface area contributed by atoms with E-state index < -0.39 is 0 Å². The number of anilines is 3. The lowest BCUT2D eigenvalue weighted by Gasteiger charge is -2.47. The first kappa shape index (κ1) is 24.1. The van der Waals surface area contributed by atoms with Gasteiger partial charge >= 0.3 is 0 Å². The summed E-state index contributed by atoms with van der Waals surface area (Å²) in [6, 6.07) is 10.1. The van der Waals surface area contributed by atoms with E-state index in [9.17, 15) is 9.59 Å². The molecule has 1 spiro atoms. The highest BCUT2D eigenvalue weighted by Crippen LogP contribution is 2.43. The summed E-state index contributed by atoms with van der Waals surface area (Å²) in [5.74, 6) is 1.22. The second-order valence-electron chi connectivity index (χ2n) is 10.2. The monoisotopic (exact) mass is 489 g/mol. The van der Waals surface area contributed by atoms with Crippen molar-refractivity contribution in [3.05, 3.63) is 48.3 Å². The third-order valence-electron chi connectivity index (χ3n) is 8.19. The van der Waals surface area contributed by atoms with Crippen LogP contribution >= 0.6 is 0 Å². The van der Waals surface area contributed by atoms with Crippen LogP contribution in [0.15, 0.2) is 42.7 Å². The minimum absolute atomic E-state index is 0.0581. The van der Waals surface area contributed by atoms with E-state index in [1.165, 1.54) is 12.8 Å². The second-order valence-corrected chi connectivity index (χ2v) is 10.2. The molecule has 0 aliphatic carbocycles. The fraction of sp³-hybridized carbons (Fsp3) is 0.481. The first-order valence-electron chi connectivity index (χ1n) is 12.9. The highest BCUT2D eigenvalue weighted by atomic mass is 16.1. The number of piperidine rings is 2. The SMILES string of the molecule is CNC(=O)CCC(C=O)c1cnn2c(N3CCC4(CCN(c5ccc(N)nc5)CC4)CC3)cccc12. The fourth-order valence-electron chi connectivity index (χ4n) is 5.78. The lowest BCUT2D eigenvalue weighted by molar-refractivity contribution is -0.120. The zero-order valence-corrected chi connectivity index (χ0v) is 20.9. The van der Waals surface area contributed by atoms with Gasteiger partial charge in [-0.1, -0.05) is 6.07 Å². The molecular formula is C27H35N7O2. The van der Waals surface area contributed by atoms with Crippen LogP contribution in [0.1, 0.15) is 50.0 Å². The maximum atomic E-state index is 11.8. The predicted molar refractivity (Wildman–Crippen MR) is 141 cm³/mol. The molecule has 2 saturated heterocycles. The molecule has 2 fully saturated rings. The summed E-state index contributed by atoms with van der Waals surface area (Å²) in [7, 11) is 1.61. The third kappa shape index (κ3) is 4.74. The number of hydrogen-bond acceptors (Lipinski definition) is 7. The van der Waals surface area contributed by atoms with Gasteiger partial charge in [-0.05, 0) is 61.8 Å². The lowest BCUT2D eigenvalue weighted by Crippen LogP contribution is -2.47. The predicted octanol–water partition coefficient (Wildman–Crippen LogP) is 3.01. The van der Waals surface area contributed by atoms with Crippen molar-refractivity contribution in [1.29, 1.82) is 0 Å². The molecule has 9 heteroatoms. The Balaban J connectivity index is 1.25. The van der Waals surface area contributed by atoms with E-state index in [1.54, 1.807) is 13.2 Å². The molecule has 0 bridgehead atoms. The van der Waals surface area contributed by atoms with Crippen molar-refractivity contribution in [1.82, 2.24) is 19.9 Å². The summed E-state index contributed by atoms with van der Waals surface area (Å²) in [6.07, 6.45) is 10.1. The molecule has 3 aromatic heterocycles. The molecule has 3 aromatic rings. The van der Waals surface area contributed by atoms with Crippen LogP contribution in [-0.2, 0) is 9.59 Å². The molecule has 0 radical (unpaired) electrons. The number of carbonyl (C=O) groups excluding carboxylic acids is 2. The minimum Gasteiger partial charge on any atom is -0.384 e. The standard InChI is InChI=1S/C27H35N7O2/c1-29-25(36)8-5-20(19-35)22-18-31-34-23(22)3-2-4-26(34)33-15-11-27(12-16-33)9-13-32(14-10-27)21-6-7-24(28)30-17-21/h2-4,6-7,17-20H,5,8-16H2,1H3,(H2,28,30)(H,29,36). The zero-order valence-electron chi connectivity index (χ0n) is 20.9. The number of nitrogens with one attached hydrogen (secondary N) is 1. The van der Waals surface area contributed by atoms with Crippen LogP contribution in [0.2, 0.25) is 0 Å². The van der Waals surface area contributed by atoms with Crippen LogP contribution in [0.25, 0.3) is 5.52 Å². The normalized spacial score (nSPS) is 18.4. The van der Waals surface area contributed by atoms with E-state index in [4.69, 9.17) is 5.73 Å². The molecule has 2 aliphatic rings. The number of aldehydes is 1. The van der Waals surface area contributed by atoms with E-state index in [0.29, 0.717) is 24.1 Å². The van der Waals surface area contributed by atoms with Gasteiger partial charge in [-0.15, -0.1) is 0 Å². The molecule has 36 heavy (non-hydrogen) atoms. The van der Waals surface area contributed by atoms with Crippen molar-refractivity contribution in [2.24, 2.45) is 5.41 Å². The number of fused-ring (bicyclic) bond motifs is 1. The molecule has 5 rings (SSSR count). The van der Waals surface area contributed by atoms with Gasteiger partial charge in [0.2, 0.25) is 5.91 Å². The van der Waals surface area contributed by atoms with Gasteiger partial charge in [0.05, 0.1) is 23.6 Å². The van der Waals surface area contributed by atoms with Crippen LogP contribution in [0.3, 0.4) is 0 Å². The van der Waals surface area contributed by atoms with Gasteiger partial charge in [0.25, 0.3) is 0 Å². The van der Waals surface area contributed by atoms with Crippen molar-refractivity contribution >= 4 is 35.0 Å². The largest absolute Gasteiger partial charge is 0.384 e. The maximum Gasteiger partial charge on any atom is 0.219 e. The summed E-state index contributed by atoms with van der Waals surface area (Å²) in [5.41, 5.74) is 9.11. The van der Waals surface area contributed by atoms with Gasteiger partial charge in [0.1, 0.15) is 17.9 Å². The van der Waals surface area contributed by atoms with E-state index in [1.807, 2.05) is 28.9 Å². The number of nitrogen functional groups attached to an aromatic ring is 1. The summed E-state index contributed by atoms with van der Waals surface area (Å²) in [6.45, 7) is 4.08. The summed E-state index contributed by atoms with van der Waals surface area (Å²) >= 11 is 0. The Kier molecular flexibility index (Phi) is 6.80. The number of amides is 1. The number of nitrogens with two attached hydrogens (primary N) is 1. The molecule has 0 aromatic carbocycles. The molecule has 1 amide bonds. The quantitative estimate of drug-likeness (QED) is 0.491. The van der Waals surface area contributed by atoms with Gasteiger partial charge in [-0.3, -0.25) is 4.79 Å². The number of rotatable bonds is 7. The lowest BCUT2D eigenvalue weighted by atomic mass is 9.71. The summed E-state index contributed by atoms with van der Waals surface area (Å²) in [5, 5.41) is 7.28. The summed E-state index contributed by atoms with van der Waals surface area (Å²) < 4.78 is 1.96. The van der Waals surface area contributed by atoms with Crippen molar-refractivity contribution < 1.29 is 9.59 Å². The summed E-state index contributed by atoms with van der Waals surface area (Å²) in [4.78, 5) is 32.6. The number of nitrogens with zero attached hydrogens (tertiary/aromatic N) is 5. The molecule has 2 aliphatic heterocycles. The Hall–Kier alpha value is -3.62. The Morgan fingerprint density at radius 2 is 1.81 bits per heavy atom. The topological polar surface area (TPSA) is 109 Å². The van der Waals surface area contributed by atoms with Gasteiger partial charge in [-0.2, -0.15) is 5.10 Å². The molecular weight excluding hydrogens is 454 g/mol. The van der Waals surface area contributed by atoms with E-state index >= 15 is 0 Å².